The minimum atomic E-state index is -3.73. The number of hydrogen-bond donors (Lipinski definition) is 2. The fourth-order valence-electron chi connectivity index (χ4n) is 2.71. The molecule has 0 bridgehead atoms. The summed E-state index contributed by atoms with van der Waals surface area (Å²) in [6.07, 6.45) is 0.923. The second-order valence-corrected chi connectivity index (χ2v) is 7.21. The van der Waals surface area contributed by atoms with Gasteiger partial charge < -0.3 is 10.1 Å². The smallest absolute Gasteiger partial charge is 0.261 e. The van der Waals surface area contributed by atoms with Crippen LogP contribution in [0.1, 0.15) is 18.1 Å². The molecule has 2 aromatic rings. The molecule has 7 heteroatoms. The lowest BCUT2D eigenvalue weighted by Gasteiger charge is -2.12. The van der Waals surface area contributed by atoms with Crippen LogP contribution in [0.4, 0.5) is 11.4 Å². The lowest BCUT2D eigenvalue weighted by atomic mass is 10.1. The molecular formula is C17H18N2O4S. The second-order valence-electron chi connectivity index (χ2n) is 5.53. The quantitative estimate of drug-likeness (QED) is 0.871. The van der Waals surface area contributed by atoms with Gasteiger partial charge in [-0.15, -0.1) is 0 Å². The number of rotatable bonds is 5. The second kappa shape index (κ2) is 6.16. The maximum absolute atomic E-state index is 12.6. The minimum Gasteiger partial charge on any atom is -0.496 e. The van der Waals surface area contributed by atoms with Crippen molar-refractivity contribution in [3.8, 4) is 5.75 Å². The Bertz CT molecular complexity index is 907. The third-order valence-corrected chi connectivity index (χ3v) is 5.30. The van der Waals surface area contributed by atoms with Gasteiger partial charge in [0, 0.05) is 11.4 Å². The zero-order chi connectivity index (χ0) is 17.3. The van der Waals surface area contributed by atoms with E-state index >= 15 is 0 Å². The fraction of sp³-hybridized carbons (Fsp3) is 0.235. The molecule has 0 aliphatic carbocycles. The van der Waals surface area contributed by atoms with Crippen molar-refractivity contribution in [1.29, 1.82) is 0 Å². The van der Waals surface area contributed by atoms with E-state index in [1.54, 1.807) is 31.4 Å². The van der Waals surface area contributed by atoms with Crippen molar-refractivity contribution < 1.29 is 17.9 Å². The molecule has 0 fully saturated rings. The van der Waals surface area contributed by atoms with Crippen molar-refractivity contribution in [2.45, 2.75) is 24.7 Å². The summed E-state index contributed by atoms with van der Waals surface area (Å²) in [6.45, 7) is 1.97. The van der Waals surface area contributed by atoms with Gasteiger partial charge in [0.2, 0.25) is 5.91 Å². The number of carbonyl (C=O) groups is 1. The van der Waals surface area contributed by atoms with E-state index in [4.69, 9.17) is 4.74 Å². The Kier molecular flexibility index (Phi) is 4.19. The Morgan fingerprint density at radius 3 is 2.71 bits per heavy atom. The molecule has 0 saturated heterocycles. The van der Waals surface area contributed by atoms with Crippen molar-refractivity contribution in [3.63, 3.8) is 0 Å². The van der Waals surface area contributed by atoms with Crippen LogP contribution in [-0.2, 0) is 27.7 Å². The predicted molar refractivity (Wildman–Crippen MR) is 92.0 cm³/mol. The molecule has 1 heterocycles. The highest BCUT2D eigenvalue weighted by atomic mass is 32.2. The Morgan fingerprint density at radius 1 is 1.21 bits per heavy atom. The van der Waals surface area contributed by atoms with Crippen molar-refractivity contribution in [1.82, 2.24) is 0 Å². The molecule has 1 aliphatic heterocycles. The topological polar surface area (TPSA) is 84.5 Å². The van der Waals surface area contributed by atoms with Gasteiger partial charge >= 0.3 is 0 Å². The molecular weight excluding hydrogens is 328 g/mol. The fourth-order valence-corrected chi connectivity index (χ4v) is 3.80. The largest absolute Gasteiger partial charge is 0.496 e. The molecule has 0 atom stereocenters. The summed E-state index contributed by atoms with van der Waals surface area (Å²) >= 11 is 0. The van der Waals surface area contributed by atoms with E-state index in [0.717, 1.165) is 17.7 Å². The van der Waals surface area contributed by atoms with E-state index in [2.05, 4.69) is 10.0 Å². The van der Waals surface area contributed by atoms with Gasteiger partial charge in [-0.05, 0) is 53.9 Å². The summed E-state index contributed by atoms with van der Waals surface area (Å²) in [7, 11) is -2.15. The first-order valence-corrected chi connectivity index (χ1v) is 9.04. The van der Waals surface area contributed by atoms with Crippen LogP contribution in [0, 0.1) is 0 Å². The van der Waals surface area contributed by atoms with E-state index in [1.807, 2.05) is 6.92 Å². The highest BCUT2D eigenvalue weighted by molar-refractivity contribution is 7.92. The number of amides is 1. The Morgan fingerprint density at radius 2 is 2.00 bits per heavy atom. The molecule has 0 spiro atoms. The normalized spacial score (nSPS) is 13.3. The Balaban J connectivity index is 1.89. The molecule has 2 aromatic carbocycles. The maximum atomic E-state index is 12.6. The number of anilines is 2. The van der Waals surface area contributed by atoms with E-state index in [-0.39, 0.29) is 17.2 Å². The van der Waals surface area contributed by atoms with Crippen LogP contribution >= 0.6 is 0 Å². The monoisotopic (exact) mass is 346 g/mol. The van der Waals surface area contributed by atoms with Gasteiger partial charge in [-0.2, -0.15) is 0 Å². The van der Waals surface area contributed by atoms with Crippen LogP contribution in [0.2, 0.25) is 0 Å². The zero-order valence-electron chi connectivity index (χ0n) is 13.4. The van der Waals surface area contributed by atoms with Crippen LogP contribution in [0.5, 0.6) is 5.75 Å². The van der Waals surface area contributed by atoms with Gasteiger partial charge in [0.1, 0.15) is 5.75 Å². The van der Waals surface area contributed by atoms with E-state index in [9.17, 15) is 13.2 Å². The number of sulfonamides is 1. The minimum absolute atomic E-state index is 0.129. The predicted octanol–water partition coefficient (Wildman–Crippen LogP) is 2.55. The van der Waals surface area contributed by atoms with E-state index in [0.29, 0.717) is 16.9 Å². The third-order valence-electron chi connectivity index (χ3n) is 3.93. The summed E-state index contributed by atoms with van der Waals surface area (Å²) in [4.78, 5) is 11.5. The van der Waals surface area contributed by atoms with Gasteiger partial charge in [-0.1, -0.05) is 6.92 Å². The summed E-state index contributed by atoms with van der Waals surface area (Å²) < 4.78 is 33.0. The van der Waals surface area contributed by atoms with Gasteiger partial charge in [0.25, 0.3) is 10.0 Å². The number of nitrogens with one attached hydrogen (secondary N) is 2. The van der Waals surface area contributed by atoms with Crippen LogP contribution in [0.15, 0.2) is 41.3 Å². The van der Waals surface area contributed by atoms with Crippen LogP contribution in [-0.4, -0.2) is 21.4 Å². The molecule has 0 aromatic heterocycles. The highest BCUT2D eigenvalue weighted by Gasteiger charge is 2.22. The van der Waals surface area contributed by atoms with Gasteiger partial charge in [-0.3, -0.25) is 9.52 Å². The lowest BCUT2D eigenvalue weighted by Crippen LogP contribution is -2.13. The van der Waals surface area contributed by atoms with Gasteiger partial charge in [-0.25, -0.2) is 8.42 Å². The van der Waals surface area contributed by atoms with Crippen LogP contribution < -0.4 is 14.8 Å². The van der Waals surface area contributed by atoms with Crippen LogP contribution in [0.25, 0.3) is 0 Å². The molecule has 0 radical (unpaired) electrons. The van der Waals surface area contributed by atoms with Gasteiger partial charge in [0.15, 0.2) is 0 Å². The average molecular weight is 346 g/mol. The number of methoxy groups -OCH3 is 1. The molecule has 1 amide bonds. The van der Waals surface area contributed by atoms with Gasteiger partial charge in [0.05, 0.1) is 18.4 Å². The molecule has 2 N–H and O–H groups in total. The van der Waals surface area contributed by atoms with Crippen molar-refractivity contribution in [2.75, 3.05) is 17.1 Å². The highest BCUT2D eigenvalue weighted by Crippen LogP contribution is 2.28. The Labute approximate surface area is 140 Å². The molecule has 24 heavy (non-hydrogen) atoms. The molecule has 0 unspecified atom stereocenters. The third kappa shape index (κ3) is 3.07. The lowest BCUT2D eigenvalue weighted by molar-refractivity contribution is -0.115. The summed E-state index contributed by atoms with van der Waals surface area (Å²) in [5.41, 5.74) is 2.74. The first kappa shape index (κ1) is 16.3. The number of hydrogen-bond acceptors (Lipinski definition) is 4. The Hall–Kier alpha value is -2.54. The van der Waals surface area contributed by atoms with E-state index in [1.165, 1.54) is 12.1 Å². The van der Waals surface area contributed by atoms with Crippen LogP contribution in [0.3, 0.4) is 0 Å². The number of fused-ring (bicyclic) bond motifs is 1. The van der Waals surface area contributed by atoms with Crippen molar-refractivity contribution >= 4 is 27.3 Å². The maximum Gasteiger partial charge on any atom is 0.261 e. The molecule has 3 rings (SSSR count). The summed E-state index contributed by atoms with van der Waals surface area (Å²) in [5.74, 6) is 0.595. The molecule has 126 valence electrons. The molecule has 1 aliphatic rings. The molecule has 0 saturated carbocycles. The van der Waals surface area contributed by atoms with Crippen molar-refractivity contribution in [2.24, 2.45) is 0 Å². The first-order valence-electron chi connectivity index (χ1n) is 7.55. The number of ether oxygens (including phenoxy) is 1. The zero-order valence-corrected chi connectivity index (χ0v) is 14.2. The standard InChI is InChI=1S/C17H18N2O4S/c1-3-11-8-13(4-7-16(11)23-2)19-24(21,22)14-5-6-15-12(9-14)10-17(20)18-15/h4-9,19H,3,10H2,1-2H3,(H,18,20). The summed E-state index contributed by atoms with van der Waals surface area (Å²) in [6, 6.07) is 9.78. The number of aryl methyl sites for hydroxylation is 1. The number of benzene rings is 2. The SMILES string of the molecule is CCc1cc(NS(=O)(=O)c2ccc3c(c2)CC(=O)N3)ccc1OC. The summed E-state index contributed by atoms with van der Waals surface area (Å²) in [5, 5.41) is 2.69. The first-order chi connectivity index (χ1) is 11.4. The number of carbonyl (C=O) groups excluding carboxylic acids is 1. The van der Waals surface area contributed by atoms with E-state index < -0.39 is 10.0 Å². The molecule has 6 nitrogen and oxygen atoms in total. The average Bonchev–Trinajstić information content (AvgIpc) is 2.93. The van der Waals surface area contributed by atoms with Crippen molar-refractivity contribution in [3.05, 3.63) is 47.5 Å².